The Balaban J connectivity index is 1.51. The van der Waals surface area contributed by atoms with Gasteiger partial charge < -0.3 is 10.1 Å². The number of aromatic nitrogens is 1. The number of benzene rings is 2. The third-order valence-corrected chi connectivity index (χ3v) is 4.57. The minimum absolute atomic E-state index is 0.106. The zero-order valence-corrected chi connectivity index (χ0v) is 16.9. The van der Waals surface area contributed by atoms with E-state index in [2.05, 4.69) is 48.4 Å². The summed E-state index contributed by atoms with van der Waals surface area (Å²) in [6, 6.07) is 18.2. The Morgan fingerprint density at radius 1 is 1.03 bits per heavy atom. The molecule has 1 aromatic heterocycles. The molecule has 0 fully saturated rings. The molecule has 0 radical (unpaired) electrons. The average Bonchev–Trinajstić information content (AvgIpc) is 2.73. The fraction of sp³-hybridized carbons (Fsp3) is 0.200. The van der Waals surface area contributed by atoms with Crippen LogP contribution < -0.4 is 10.1 Å². The molecule has 0 atom stereocenters. The maximum absolute atomic E-state index is 12.0. The summed E-state index contributed by atoms with van der Waals surface area (Å²) in [4.78, 5) is 16.0. The van der Waals surface area contributed by atoms with Gasteiger partial charge in [-0.05, 0) is 60.2 Å². The summed E-state index contributed by atoms with van der Waals surface area (Å²) in [5.41, 5.74) is 5.46. The number of carbonyl (C=O) groups is 1. The van der Waals surface area contributed by atoms with E-state index in [1.54, 1.807) is 18.5 Å². The molecule has 0 aliphatic rings. The van der Waals surface area contributed by atoms with Gasteiger partial charge in [-0.3, -0.25) is 9.78 Å². The van der Waals surface area contributed by atoms with Crippen molar-refractivity contribution in [3.63, 3.8) is 0 Å². The molecule has 0 saturated heterocycles. The maximum Gasteiger partial charge on any atom is 0.244 e. The highest BCUT2D eigenvalue weighted by atomic mass is 16.5. The zero-order chi connectivity index (χ0) is 20.5. The van der Waals surface area contributed by atoms with Gasteiger partial charge in [-0.25, -0.2) is 0 Å². The molecule has 0 spiro atoms. The van der Waals surface area contributed by atoms with Crippen LogP contribution in [0.25, 0.3) is 6.08 Å². The Hall–Kier alpha value is -3.40. The standard InChI is InChI=1S/C25H26N2O2/c1-19-15-23(12-14-27-24(28)11-10-21-9-6-13-26-17-21)16-20(2)25(19)29-18-22-7-4-3-5-8-22/h3-11,13,15-17H,12,14,18H2,1-2H3,(H,27,28). The quantitative estimate of drug-likeness (QED) is 0.573. The van der Waals surface area contributed by atoms with E-state index < -0.39 is 0 Å². The molecule has 2 aromatic carbocycles. The van der Waals surface area contributed by atoms with Crippen molar-refractivity contribution in [3.8, 4) is 5.75 Å². The Morgan fingerprint density at radius 2 is 1.79 bits per heavy atom. The van der Waals surface area contributed by atoms with Gasteiger partial charge in [-0.15, -0.1) is 0 Å². The molecule has 29 heavy (non-hydrogen) atoms. The van der Waals surface area contributed by atoms with E-state index in [4.69, 9.17) is 4.74 Å². The fourth-order valence-corrected chi connectivity index (χ4v) is 3.18. The minimum atomic E-state index is -0.106. The van der Waals surface area contributed by atoms with Crippen LogP contribution in [-0.2, 0) is 17.8 Å². The summed E-state index contributed by atoms with van der Waals surface area (Å²) in [6.45, 7) is 5.26. The summed E-state index contributed by atoms with van der Waals surface area (Å²) in [6.07, 6.45) is 7.49. The number of hydrogen-bond donors (Lipinski definition) is 1. The maximum atomic E-state index is 12.0. The summed E-state index contributed by atoms with van der Waals surface area (Å²) in [5.74, 6) is 0.825. The summed E-state index contributed by atoms with van der Waals surface area (Å²) < 4.78 is 6.04. The van der Waals surface area contributed by atoms with Gasteiger partial charge in [0, 0.05) is 25.0 Å². The first-order chi connectivity index (χ1) is 14.1. The molecule has 1 N–H and O–H groups in total. The minimum Gasteiger partial charge on any atom is -0.488 e. The number of rotatable bonds is 8. The third kappa shape index (κ3) is 6.32. The summed E-state index contributed by atoms with van der Waals surface area (Å²) in [5, 5.41) is 2.92. The smallest absolute Gasteiger partial charge is 0.244 e. The first-order valence-corrected chi connectivity index (χ1v) is 9.74. The number of ether oxygens (including phenoxy) is 1. The highest BCUT2D eigenvalue weighted by Gasteiger charge is 2.07. The molecule has 0 aliphatic carbocycles. The lowest BCUT2D eigenvalue weighted by Gasteiger charge is -2.14. The van der Waals surface area contributed by atoms with Gasteiger partial charge in [0.25, 0.3) is 0 Å². The van der Waals surface area contributed by atoms with Gasteiger partial charge >= 0.3 is 0 Å². The lowest BCUT2D eigenvalue weighted by Crippen LogP contribution is -2.23. The van der Waals surface area contributed by atoms with Crippen molar-refractivity contribution in [2.45, 2.75) is 26.9 Å². The molecule has 0 saturated carbocycles. The predicted octanol–water partition coefficient (Wildman–Crippen LogP) is 4.65. The van der Waals surface area contributed by atoms with E-state index >= 15 is 0 Å². The normalized spacial score (nSPS) is 10.8. The predicted molar refractivity (Wildman–Crippen MR) is 117 cm³/mol. The second kappa shape index (κ2) is 10.2. The van der Waals surface area contributed by atoms with E-state index in [1.807, 2.05) is 30.3 Å². The molecule has 0 unspecified atom stereocenters. The lowest BCUT2D eigenvalue weighted by molar-refractivity contribution is -0.116. The van der Waals surface area contributed by atoms with Crippen LogP contribution in [0.2, 0.25) is 0 Å². The van der Waals surface area contributed by atoms with Gasteiger partial charge in [-0.2, -0.15) is 0 Å². The molecule has 3 rings (SSSR count). The van der Waals surface area contributed by atoms with Crippen LogP contribution >= 0.6 is 0 Å². The van der Waals surface area contributed by atoms with Gasteiger partial charge in [0.2, 0.25) is 5.91 Å². The second-order valence-electron chi connectivity index (χ2n) is 6.99. The molecular weight excluding hydrogens is 360 g/mol. The van der Waals surface area contributed by atoms with E-state index in [9.17, 15) is 4.79 Å². The Kier molecular flexibility index (Phi) is 7.17. The first kappa shape index (κ1) is 20.3. The second-order valence-corrected chi connectivity index (χ2v) is 6.99. The number of pyridine rings is 1. The van der Waals surface area contributed by atoms with Crippen molar-refractivity contribution >= 4 is 12.0 Å². The van der Waals surface area contributed by atoms with Crippen molar-refractivity contribution in [3.05, 3.63) is 101 Å². The van der Waals surface area contributed by atoms with Crippen molar-refractivity contribution in [2.24, 2.45) is 0 Å². The zero-order valence-electron chi connectivity index (χ0n) is 16.9. The van der Waals surface area contributed by atoms with Crippen molar-refractivity contribution in [1.82, 2.24) is 10.3 Å². The lowest BCUT2D eigenvalue weighted by atomic mass is 10.0. The number of carbonyl (C=O) groups excluding carboxylic acids is 1. The van der Waals surface area contributed by atoms with E-state index in [0.717, 1.165) is 34.4 Å². The monoisotopic (exact) mass is 386 g/mol. The molecule has 1 amide bonds. The molecule has 4 nitrogen and oxygen atoms in total. The van der Waals surface area contributed by atoms with Gasteiger partial charge in [-0.1, -0.05) is 48.5 Å². The highest BCUT2D eigenvalue weighted by Crippen LogP contribution is 2.26. The first-order valence-electron chi connectivity index (χ1n) is 9.74. The Labute approximate surface area is 172 Å². The van der Waals surface area contributed by atoms with Crippen molar-refractivity contribution < 1.29 is 9.53 Å². The molecular formula is C25H26N2O2. The topological polar surface area (TPSA) is 51.2 Å². The van der Waals surface area contributed by atoms with Crippen LogP contribution in [0.4, 0.5) is 0 Å². The largest absolute Gasteiger partial charge is 0.488 e. The fourth-order valence-electron chi connectivity index (χ4n) is 3.18. The SMILES string of the molecule is Cc1cc(CCNC(=O)C=Cc2cccnc2)cc(C)c1OCc1ccccc1. The molecule has 1 heterocycles. The van der Waals surface area contributed by atoms with Crippen molar-refractivity contribution in [1.29, 1.82) is 0 Å². The molecule has 4 heteroatoms. The van der Waals surface area contributed by atoms with Crippen molar-refractivity contribution in [2.75, 3.05) is 6.54 Å². The Morgan fingerprint density at radius 3 is 2.48 bits per heavy atom. The van der Waals surface area contributed by atoms with Crippen LogP contribution in [0.1, 0.15) is 27.8 Å². The van der Waals surface area contributed by atoms with Gasteiger partial charge in [0.1, 0.15) is 12.4 Å². The van der Waals surface area contributed by atoms with Crippen LogP contribution in [0.5, 0.6) is 5.75 Å². The number of hydrogen-bond acceptors (Lipinski definition) is 3. The molecule has 0 aliphatic heterocycles. The van der Waals surface area contributed by atoms with Crippen LogP contribution in [-0.4, -0.2) is 17.4 Å². The average molecular weight is 386 g/mol. The number of nitrogens with one attached hydrogen (secondary N) is 1. The highest BCUT2D eigenvalue weighted by molar-refractivity contribution is 5.91. The van der Waals surface area contributed by atoms with Crippen LogP contribution in [0, 0.1) is 13.8 Å². The van der Waals surface area contributed by atoms with Gasteiger partial charge in [0.15, 0.2) is 0 Å². The van der Waals surface area contributed by atoms with E-state index in [0.29, 0.717) is 13.2 Å². The molecule has 0 bridgehead atoms. The number of aryl methyl sites for hydroxylation is 2. The van der Waals surface area contributed by atoms with Gasteiger partial charge in [0.05, 0.1) is 0 Å². The summed E-state index contributed by atoms with van der Waals surface area (Å²) >= 11 is 0. The molecule has 148 valence electrons. The van der Waals surface area contributed by atoms with Crippen LogP contribution in [0.15, 0.2) is 73.1 Å². The number of amides is 1. The van der Waals surface area contributed by atoms with E-state index in [1.165, 1.54) is 11.6 Å². The number of nitrogens with zero attached hydrogens (tertiary/aromatic N) is 1. The molecule has 3 aromatic rings. The third-order valence-electron chi connectivity index (χ3n) is 4.57. The van der Waals surface area contributed by atoms with E-state index in [-0.39, 0.29) is 5.91 Å². The summed E-state index contributed by atoms with van der Waals surface area (Å²) in [7, 11) is 0. The Bertz CT molecular complexity index is 944. The van der Waals surface area contributed by atoms with Crippen LogP contribution in [0.3, 0.4) is 0 Å².